The summed E-state index contributed by atoms with van der Waals surface area (Å²) in [5, 5.41) is 0. The Labute approximate surface area is 151 Å². The quantitative estimate of drug-likeness (QED) is 0.383. The monoisotopic (exact) mass is 339 g/mol. The lowest BCUT2D eigenvalue weighted by Crippen LogP contribution is -3.00. The molecular formula is C21H38ClN. The van der Waals surface area contributed by atoms with E-state index in [0.717, 1.165) is 0 Å². The number of unbranched alkanes of at least 4 members (excludes halogenated alkanes) is 11. The Morgan fingerprint density at radius 1 is 0.739 bits per heavy atom. The van der Waals surface area contributed by atoms with Crippen LogP contribution in [0.25, 0.3) is 0 Å². The molecule has 1 rings (SSSR count). The minimum Gasteiger partial charge on any atom is -1.00 e. The Morgan fingerprint density at radius 3 is 1.70 bits per heavy atom. The van der Waals surface area contributed by atoms with Crippen molar-refractivity contribution in [1.82, 2.24) is 0 Å². The lowest BCUT2D eigenvalue weighted by Gasteiger charge is -2.03. The largest absolute Gasteiger partial charge is 1.00 e. The van der Waals surface area contributed by atoms with Crippen LogP contribution in [0.4, 0.5) is 0 Å². The topological polar surface area (TPSA) is 3.88 Å². The van der Waals surface area contributed by atoms with E-state index in [1.807, 2.05) is 0 Å². The Kier molecular flexibility index (Phi) is 14.6. The van der Waals surface area contributed by atoms with Crippen molar-refractivity contribution in [2.75, 3.05) is 0 Å². The van der Waals surface area contributed by atoms with Crippen LogP contribution in [0.5, 0.6) is 0 Å². The third-order valence-corrected chi connectivity index (χ3v) is 4.66. The lowest BCUT2D eigenvalue weighted by molar-refractivity contribution is -0.703. The van der Waals surface area contributed by atoms with Gasteiger partial charge in [-0.15, -0.1) is 0 Å². The molecule has 0 fully saturated rings. The van der Waals surface area contributed by atoms with Gasteiger partial charge in [0.2, 0.25) is 0 Å². The third kappa shape index (κ3) is 11.6. The maximum absolute atomic E-state index is 2.39. The van der Waals surface area contributed by atoms with Crippen LogP contribution in [-0.4, -0.2) is 0 Å². The first kappa shape index (κ1) is 22.4. The Balaban J connectivity index is 0.00000484. The van der Waals surface area contributed by atoms with Gasteiger partial charge in [0, 0.05) is 25.5 Å². The van der Waals surface area contributed by atoms with Gasteiger partial charge in [0.15, 0.2) is 11.9 Å². The first-order valence-electron chi connectivity index (χ1n) is 9.70. The molecule has 134 valence electrons. The predicted octanol–water partition coefficient (Wildman–Crippen LogP) is 3.30. The van der Waals surface area contributed by atoms with Gasteiger partial charge in [-0.05, 0) is 18.9 Å². The zero-order valence-corrected chi connectivity index (χ0v) is 16.5. The molecule has 0 amide bonds. The summed E-state index contributed by atoms with van der Waals surface area (Å²) >= 11 is 0. The normalized spacial score (nSPS) is 10.6. The van der Waals surface area contributed by atoms with Crippen molar-refractivity contribution in [3.8, 4) is 0 Å². The van der Waals surface area contributed by atoms with Crippen LogP contribution in [0.2, 0.25) is 0 Å². The summed E-state index contributed by atoms with van der Waals surface area (Å²) < 4.78 is 2.39. The van der Waals surface area contributed by atoms with E-state index in [2.05, 4.69) is 43.7 Å². The molecule has 0 bridgehead atoms. The van der Waals surface area contributed by atoms with Crippen LogP contribution in [0, 0.1) is 13.8 Å². The third-order valence-electron chi connectivity index (χ3n) is 4.66. The highest BCUT2D eigenvalue weighted by Crippen LogP contribution is 2.11. The molecule has 2 heteroatoms. The Morgan fingerprint density at radius 2 is 1.22 bits per heavy atom. The molecule has 0 aliphatic heterocycles. The highest BCUT2D eigenvalue weighted by molar-refractivity contribution is 5.08. The van der Waals surface area contributed by atoms with E-state index in [1.54, 1.807) is 0 Å². The van der Waals surface area contributed by atoms with Gasteiger partial charge in [-0.25, -0.2) is 4.57 Å². The molecule has 0 radical (unpaired) electrons. The van der Waals surface area contributed by atoms with Crippen molar-refractivity contribution in [3.05, 3.63) is 29.6 Å². The number of pyridine rings is 1. The molecule has 0 atom stereocenters. The van der Waals surface area contributed by atoms with Gasteiger partial charge in [-0.3, -0.25) is 0 Å². The summed E-state index contributed by atoms with van der Waals surface area (Å²) in [6.45, 7) is 7.86. The average molecular weight is 340 g/mol. The van der Waals surface area contributed by atoms with Crippen LogP contribution >= 0.6 is 0 Å². The van der Waals surface area contributed by atoms with Crippen molar-refractivity contribution in [2.45, 2.75) is 104 Å². The molecule has 1 nitrogen and oxygen atoms in total. The fourth-order valence-corrected chi connectivity index (χ4v) is 3.16. The van der Waals surface area contributed by atoms with E-state index < -0.39 is 0 Å². The average Bonchev–Trinajstić information content (AvgIpc) is 2.50. The van der Waals surface area contributed by atoms with Gasteiger partial charge in [0.1, 0.15) is 6.54 Å². The van der Waals surface area contributed by atoms with Crippen molar-refractivity contribution < 1.29 is 17.0 Å². The van der Waals surface area contributed by atoms with Crippen molar-refractivity contribution in [2.24, 2.45) is 0 Å². The molecule has 1 aromatic heterocycles. The fraction of sp³-hybridized carbons (Fsp3) is 0.762. The molecule has 1 heterocycles. The number of aryl methyl sites for hydroxylation is 3. The van der Waals surface area contributed by atoms with Crippen molar-refractivity contribution in [3.63, 3.8) is 0 Å². The second kappa shape index (κ2) is 15.0. The van der Waals surface area contributed by atoms with Crippen LogP contribution in [0.1, 0.15) is 95.2 Å². The van der Waals surface area contributed by atoms with Gasteiger partial charge in [-0.2, -0.15) is 0 Å². The number of hydrogen-bond acceptors (Lipinski definition) is 0. The standard InChI is InChI=1S/C21H38N.ClH/c1-4-5-6-7-8-9-10-11-12-13-14-15-17-22-18-16-20(2)19-21(22)3;/h16,18-19H,4-15,17H2,1-3H3;1H/q+1;/p-1. The molecule has 23 heavy (non-hydrogen) atoms. The number of rotatable bonds is 13. The molecule has 0 aromatic carbocycles. The van der Waals surface area contributed by atoms with Crippen LogP contribution < -0.4 is 17.0 Å². The SMILES string of the molecule is CCCCCCCCCCCCCC[n+]1ccc(C)cc1C.[Cl-]. The number of aromatic nitrogens is 1. The summed E-state index contributed by atoms with van der Waals surface area (Å²) in [7, 11) is 0. The van der Waals surface area contributed by atoms with E-state index >= 15 is 0 Å². The lowest BCUT2D eigenvalue weighted by atomic mass is 10.1. The zero-order valence-electron chi connectivity index (χ0n) is 15.7. The van der Waals surface area contributed by atoms with E-state index in [-0.39, 0.29) is 12.4 Å². The summed E-state index contributed by atoms with van der Waals surface area (Å²) in [6, 6.07) is 4.49. The van der Waals surface area contributed by atoms with Gasteiger partial charge in [0.05, 0.1) is 0 Å². The van der Waals surface area contributed by atoms with Crippen LogP contribution in [0.3, 0.4) is 0 Å². The molecule has 0 unspecified atom stereocenters. The second-order valence-corrected chi connectivity index (χ2v) is 6.93. The first-order chi connectivity index (χ1) is 10.7. The fourth-order valence-electron chi connectivity index (χ4n) is 3.16. The van der Waals surface area contributed by atoms with Gasteiger partial charge >= 0.3 is 0 Å². The molecule has 0 aliphatic rings. The first-order valence-corrected chi connectivity index (χ1v) is 9.70. The second-order valence-electron chi connectivity index (χ2n) is 6.93. The number of halogens is 1. The predicted molar refractivity (Wildman–Crippen MR) is 97.2 cm³/mol. The molecule has 0 N–H and O–H groups in total. The highest BCUT2D eigenvalue weighted by Gasteiger charge is 2.04. The van der Waals surface area contributed by atoms with E-state index in [4.69, 9.17) is 0 Å². The molecule has 1 aromatic rings. The Bertz CT molecular complexity index is 389. The minimum absolute atomic E-state index is 0. The summed E-state index contributed by atoms with van der Waals surface area (Å²) in [4.78, 5) is 0. The van der Waals surface area contributed by atoms with Crippen molar-refractivity contribution >= 4 is 0 Å². The smallest absolute Gasteiger partial charge is 0.178 e. The summed E-state index contributed by atoms with van der Waals surface area (Å²) in [5.74, 6) is 0. The summed E-state index contributed by atoms with van der Waals surface area (Å²) in [5.41, 5.74) is 2.76. The summed E-state index contributed by atoms with van der Waals surface area (Å²) in [6.07, 6.45) is 19.3. The van der Waals surface area contributed by atoms with Gasteiger partial charge in [-0.1, -0.05) is 71.1 Å². The molecule has 0 spiro atoms. The molecule has 0 aliphatic carbocycles. The number of nitrogens with zero attached hydrogens (tertiary/aromatic N) is 1. The van der Waals surface area contributed by atoms with E-state index in [0.29, 0.717) is 0 Å². The molecule has 0 saturated heterocycles. The highest BCUT2D eigenvalue weighted by atomic mass is 35.5. The maximum Gasteiger partial charge on any atom is 0.178 e. The minimum atomic E-state index is 0. The van der Waals surface area contributed by atoms with Crippen molar-refractivity contribution in [1.29, 1.82) is 0 Å². The van der Waals surface area contributed by atoms with Crippen LogP contribution in [0.15, 0.2) is 18.3 Å². The van der Waals surface area contributed by atoms with Gasteiger partial charge < -0.3 is 12.4 Å². The van der Waals surface area contributed by atoms with E-state index in [1.165, 1.54) is 94.9 Å². The number of hydrogen-bond donors (Lipinski definition) is 0. The molecular weight excluding hydrogens is 302 g/mol. The maximum atomic E-state index is 2.39. The van der Waals surface area contributed by atoms with E-state index in [9.17, 15) is 0 Å². The Hall–Kier alpha value is -0.560. The zero-order chi connectivity index (χ0) is 16.0. The van der Waals surface area contributed by atoms with Gasteiger partial charge in [0.25, 0.3) is 0 Å². The van der Waals surface area contributed by atoms with Crippen LogP contribution in [-0.2, 0) is 6.54 Å². The molecule has 0 saturated carbocycles.